The summed E-state index contributed by atoms with van der Waals surface area (Å²) in [6, 6.07) is 9.99. The number of piperazine rings is 1. The minimum atomic E-state index is -0.479. The molecule has 2 fully saturated rings. The zero-order valence-corrected chi connectivity index (χ0v) is 26.3. The van der Waals surface area contributed by atoms with Gasteiger partial charge in [-0.3, -0.25) is 14.2 Å². The Hall–Kier alpha value is -4.02. The summed E-state index contributed by atoms with van der Waals surface area (Å²) in [6.45, 7) is 10.6. The zero-order valence-electron chi connectivity index (χ0n) is 25.5. The fraction of sp³-hybridized carbons (Fsp3) is 0.394. The molecule has 0 saturated carbocycles. The summed E-state index contributed by atoms with van der Waals surface area (Å²) >= 11 is 6.47. The van der Waals surface area contributed by atoms with E-state index in [9.17, 15) is 14.0 Å². The van der Waals surface area contributed by atoms with E-state index in [1.807, 2.05) is 13.0 Å². The van der Waals surface area contributed by atoms with Crippen molar-refractivity contribution < 1.29 is 9.18 Å². The Labute approximate surface area is 261 Å². The maximum absolute atomic E-state index is 14.4. The zero-order chi connectivity index (χ0) is 31.1. The highest BCUT2D eigenvalue weighted by molar-refractivity contribution is 6.33. The molecule has 230 valence electrons. The van der Waals surface area contributed by atoms with Crippen LogP contribution in [0.2, 0.25) is 5.02 Å². The standard InChI is InChI=1S/C33H37ClFN7O2/c1-20-16-24(8-10-29(20)40-14-12-39(4)13-15-40)37-33-36-18-27-21(2)30(26-9-7-23(35)17-28(26)34)32(44)42(31(27)38-33)25-6-5-11-41(19-25)22(3)43/h7-10,16-18,25H,5-6,11-15,19H2,1-4H3,(H,36,37,38)/t25-/m0/s1. The van der Waals surface area contributed by atoms with E-state index >= 15 is 0 Å². The fourth-order valence-electron chi connectivity index (χ4n) is 6.46. The van der Waals surface area contributed by atoms with Crippen molar-refractivity contribution in [1.29, 1.82) is 0 Å². The van der Waals surface area contributed by atoms with Crippen molar-refractivity contribution in [3.8, 4) is 11.1 Å². The first-order chi connectivity index (χ1) is 21.1. The van der Waals surface area contributed by atoms with Gasteiger partial charge in [-0.15, -0.1) is 0 Å². The molecular weight excluding hydrogens is 581 g/mol. The number of aromatic nitrogens is 3. The minimum Gasteiger partial charge on any atom is -0.369 e. The Balaban J connectivity index is 1.43. The molecule has 11 heteroatoms. The monoisotopic (exact) mass is 617 g/mol. The van der Waals surface area contributed by atoms with Gasteiger partial charge in [0.1, 0.15) is 11.5 Å². The first kappa shape index (κ1) is 30.0. The number of hydrogen-bond donors (Lipinski definition) is 1. The molecule has 6 rings (SSSR count). The highest BCUT2D eigenvalue weighted by Gasteiger charge is 2.28. The quantitative estimate of drug-likeness (QED) is 0.314. The van der Waals surface area contributed by atoms with E-state index in [4.69, 9.17) is 16.6 Å². The number of hydrogen-bond acceptors (Lipinski definition) is 7. The molecule has 2 aliphatic heterocycles. The number of aryl methyl sites for hydroxylation is 2. The van der Waals surface area contributed by atoms with Gasteiger partial charge in [-0.1, -0.05) is 11.6 Å². The van der Waals surface area contributed by atoms with Crippen LogP contribution in [0.3, 0.4) is 0 Å². The Morgan fingerprint density at radius 1 is 1.07 bits per heavy atom. The summed E-state index contributed by atoms with van der Waals surface area (Å²) in [5, 5.41) is 4.18. The topological polar surface area (TPSA) is 86.6 Å². The van der Waals surface area contributed by atoms with Crippen LogP contribution in [-0.4, -0.2) is 76.6 Å². The molecule has 0 aliphatic carbocycles. The van der Waals surface area contributed by atoms with Crippen molar-refractivity contribution >= 4 is 45.9 Å². The van der Waals surface area contributed by atoms with Gasteiger partial charge in [0.25, 0.3) is 5.56 Å². The Bertz CT molecular complexity index is 1800. The Morgan fingerprint density at radius 3 is 2.55 bits per heavy atom. The SMILES string of the molecule is CC(=O)N1CCC[C@H](n2c(=O)c(-c3ccc(F)cc3Cl)c(C)c3cnc(Nc4ccc(N5CCN(C)CC5)c(C)c4)nc32)C1. The molecule has 0 spiro atoms. The van der Waals surface area contributed by atoms with Crippen LogP contribution in [0.25, 0.3) is 22.2 Å². The molecule has 2 aliphatic rings. The predicted octanol–water partition coefficient (Wildman–Crippen LogP) is 5.55. The molecule has 4 heterocycles. The molecule has 0 unspecified atom stereocenters. The van der Waals surface area contributed by atoms with Crippen LogP contribution >= 0.6 is 11.6 Å². The lowest BCUT2D eigenvalue weighted by atomic mass is 9.98. The van der Waals surface area contributed by atoms with Gasteiger partial charge in [0.2, 0.25) is 11.9 Å². The number of likely N-dealkylation sites (tertiary alicyclic amines) is 1. The maximum Gasteiger partial charge on any atom is 0.260 e. The van der Waals surface area contributed by atoms with Crippen LogP contribution in [-0.2, 0) is 4.79 Å². The summed E-state index contributed by atoms with van der Waals surface area (Å²) in [5.41, 5.74) is 4.90. The van der Waals surface area contributed by atoms with Gasteiger partial charge in [0.05, 0.1) is 16.6 Å². The molecule has 2 aromatic carbocycles. The van der Waals surface area contributed by atoms with Gasteiger partial charge < -0.3 is 20.0 Å². The molecule has 2 saturated heterocycles. The van der Waals surface area contributed by atoms with Crippen LogP contribution in [0.15, 0.2) is 47.4 Å². The Morgan fingerprint density at radius 2 is 1.84 bits per heavy atom. The van der Waals surface area contributed by atoms with Crippen LogP contribution in [0.5, 0.6) is 0 Å². The van der Waals surface area contributed by atoms with Crippen molar-refractivity contribution in [2.75, 3.05) is 56.5 Å². The van der Waals surface area contributed by atoms with E-state index < -0.39 is 5.82 Å². The highest BCUT2D eigenvalue weighted by Crippen LogP contribution is 2.34. The number of fused-ring (bicyclic) bond motifs is 1. The molecule has 44 heavy (non-hydrogen) atoms. The lowest BCUT2D eigenvalue weighted by molar-refractivity contribution is -0.130. The first-order valence-corrected chi connectivity index (χ1v) is 15.4. The van der Waals surface area contributed by atoms with Gasteiger partial charge in [0, 0.05) is 74.7 Å². The summed E-state index contributed by atoms with van der Waals surface area (Å²) in [4.78, 5) is 42.7. The van der Waals surface area contributed by atoms with E-state index in [0.29, 0.717) is 53.2 Å². The molecule has 4 aromatic rings. The summed E-state index contributed by atoms with van der Waals surface area (Å²) in [7, 11) is 2.15. The average molecular weight is 618 g/mol. The third kappa shape index (κ3) is 5.76. The van der Waals surface area contributed by atoms with Gasteiger partial charge >= 0.3 is 0 Å². The average Bonchev–Trinajstić information content (AvgIpc) is 2.99. The van der Waals surface area contributed by atoms with E-state index in [-0.39, 0.29) is 22.5 Å². The number of pyridine rings is 1. The fourth-order valence-corrected chi connectivity index (χ4v) is 6.72. The van der Waals surface area contributed by atoms with Crippen LogP contribution in [0.4, 0.5) is 21.7 Å². The van der Waals surface area contributed by atoms with Gasteiger partial charge in [-0.2, -0.15) is 4.98 Å². The number of nitrogens with zero attached hydrogens (tertiary/aromatic N) is 6. The summed E-state index contributed by atoms with van der Waals surface area (Å²) in [5.74, 6) is -0.148. The molecule has 1 amide bonds. The molecule has 9 nitrogen and oxygen atoms in total. The number of amides is 1. The van der Waals surface area contributed by atoms with Crippen molar-refractivity contribution in [2.45, 2.75) is 39.7 Å². The Kier molecular flexibility index (Phi) is 8.30. The van der Waals surface area contributed by atoms with E-state index in [1.165, 1.54) is 23.9 Å². The number of rotatable bonds is 5. The molecule has 0 bridgehead atoms. The maximum atomic E-state index is 14.4. The second kappa shape index (κ2) is 12.2. The number of piperidine rings is 1. The molecule has 0 radical (unpaired) electrons. The molecule has 1 atom stereocenters. The third-order valence-electron chi connectivity index (χ3n) is 8.91. The largest absolute Gasteiger partial charge is 0.369 e. The molecular formula is C33H37ClFN7O2. The number of likely N-dealkylation sites (N-methyl/N-ethyl adjacent to an activating group) is 1. The predicted molar refractivity (Wildman–Crippen MR) is 174 cm³/mol. The van der Waals surface area contributed by atoms with Crippen molar-refractivity contribution in [3.63, 3.8) is 0 Å². The van der Waals surface area contributed by atoms with Crippen LogP contribution < -0.4 is 15.8 Å². The van der Waals surface area contributed by atoms with Crippen molar-refractivity contribution in [3.05, 3.63) is 74.9 Å². The molecule has 1 N–H and O–H groups in total. The van der Waals surface area contributed by atoms with Crippen LogP contribution in [0, 0.1) is 19.7 Å². The number of carbonyl (C=O) groups is 1. The molecule has 2 aromatic heterocycles. The smallest absolute Gasteiger partial charge is 0.260 e. The van der Waals surface area contributed by atoms with E-state index in [1.54, 1.807) is 22.6 Å². The van der Waals surface area contributed by atoms with Gasteiger partial charge in [-0.05, 0) is 81.3 Å². The first-order valence-electron chi connectivity index (χ1n) is 15.0. The van der Waals surface area contributed by atoms with Gasteiger partial charge in [-0.25, -0.2) is 9.37 Å². The summed E-state index contributed by atoms with van der Waals surface area (Å²) in [6.07, 6.45) is 3.18. The number of carbonyl (C=O) groups excluding carboxylic acids is 1. The number of nitrogens with one attached hydrogen (secondary N) is 1. The second-order valence-electron chi connectivity index (χ2n) is 11.9. The van der Waals surface area contributed by atoms with Crippen LogP contribution in [0.1, 0.15) is 36.9 Å². The summed E-state index contributed by atoms with van der Waals surface area (Å²) < 4.78 is 15.6. The minimum absolute atomic E-state index is 0.0339. The highest BCUT2D eigenvalue weighted by atomic mass is 35.5. The van der Waals surface area contributed by atoms with Gasteiger partial charge in [0.15, 0.2) is 0 Å². The van der Waals surface area contributed by atoms with Crippen molar-refractivity contribution in [1.82, 2.24) is 24.3 Å². The second-order valence-corrected chi connectivity index (χ2v) is 12.3. The normalized spacial score (nSPS) is 17.7. The third-order valence-corrected chi connectivity index (χ3v) is 9.23. The lowest BCUT2D eigenvalue weighted by Crippen LogP contribution is -2.44. The number of halogens is 2. The lowest BCUT2D eigenvalue weighted by Gasteiger charge is -2.35. The number of anilines is 3. The van der Waals surface area contributed by atoms with E-state index in [0.717, 1.165) is 43.9 Å². The number of benzene rings is 2. The van der Waals surface area contributed by atoms with Crippen molar-refractivity contribution in [2.24, 2.45) is 0 Å². The van der Waals surface area contributed by atoms with E-state index in [2.05, 4.69) is 46.2 Å².